The molecule has 0 aliphatic heterocycles. The van der Waals surface area contributed by atoms with Crippen LogP contribution in [0.1, 0.15) is 0 Å². The van der Waals surface area contributed by atoms with Crippen LogP contribution >= 0.6 is 34.2 Å². The van der Waals surface area contributed by atoms with Gasteiger partial charge in [0.05, 0.1) is 5.02 Å². The average Bonchev–Trinajstić information content (AvgIpc) is 2.33. The fourth-order valence-electron chi connectivity index (χ4n) is 1.31. The molecule has 1 aromatic heterocycles. The number of sulfonamides is 1. The first-order valence-electron chi connectivity index (χ1n) is 4.88. The van der Waals surface area contributed by atoms with E-state index in [9.17, 15) is 8.42 Å². The van der Waals surface area contributed by atoms with Crippen molar-refractivity contribution in [3.63, 3.8) is 0 Å². The van der Waals surface area contributed by atoms with E-state index in [2.05, 4.69) is 9.71 Å². The van der Waals surface area contributed by atoms with Gasteiger partial charge in [-0.05, 0) is 40.8 Å². The summed E-state index contributed by atoms with van der Waals surface area (Å²) in [7, 11) is -3.67. The van der Waals surface area contributed by atoms with Crippen molar-refractivity contribution in [1.29, 1.82) is 0 Å². The highest BCUT2D eigenvalue weighted by atomic mass is 127. The molecule has 0 bridgehead atoms. The number of nitrogens with zero attached hydrogens (tertiary/aromatic N) is 1. The lowest BCUT2D eigenvalue weighted by molar-refractivity contribution is 0.600. The van der Waals surface area contributed by atoms with Crippen LogP contribution in [-0.2, 0) is 10.0 Å². The van der Waals surface area contributed by atoms with E-state index in [1.165, 1.54) is 12.3 Å². The Balaban J connectivity index is 2.40. The number of hydrogen-bond donors (Lipinski definition) is 1. The van der Waals surface area contributed by atoms with E-state index in [-0.39, 0.29) is 9.92 Å². The van der Waals surface area contributed by atoms with E-state index in [1.807, 2.05) is 28.7 Å². The molecular weight excluding hydrogens is 387 g/mol. The predicted octanol–water partition coefficient (Wildman–Crippen LogP) is 3.14. The molecule has 2 aromatic rings. The SMILES string of the molecule is O=S(=O)(Nc1ccccc1)c1cc(Cl)cnc1I. The average molecular weight is 395 g/mol. The Labute approximate surface area is 124 Å². The summed E-state index contributed by atoms with van der Waals surface area (Å²) in [5.41, 5.74) is 0.494. The first kappa shape index (κ1) is 13.6. The molecule has 0 aliphatic rings. The van der Waals surface area contributed by atoms with Gasteiger partial charge in [-0.1, -0.05) is 29.8 Å². The fourth-order valence-corrected chi connectivity index (χ4v) is 3.81. The highest BCUT2D eigenvalue weighted by molar-refractivity contribution is 14.1. The summed E-state index contributed by atoms with van der Waals surface area (Å²) in [6.45, 7) is 0. The maximum absolute atomic E-state index is 12.2. The topological polar surface area (TPSA) is 59.1 Å². The highest BCUT2D eigenvalue weighted by Crippen LogP contribution is 2.22. The van der Waals surface area contributed by atoms with Crippen molar-refractivity contribution >= 4 is 49.9 Å². The molecule has 18 heavy (non-hydrogen) atoms. The standard InChI is InChI=1S/C11H8ClIN2O2S/c12-8-6-10(11(13)14-7-8)18(16,17)15-9-4-2-1-3-5-9/h1-7,15H. The Morgan fingerprint density at radius 2 is 1.89 bits per heavy atom. The van der Waals surface area contributed by atoms with Gasteiger partial charge in [0.25, 0.3) is 10.0 Å². The van der Waals surface area contributed by atoms with Gasteiger partial charge in [0.15, 0.2) is 0 Å². The zero-order valence-electron chi connectivity index (χ0n) is 8.97. The van der Waals surface area contributed by atoms with E-state index in [1.54, 1.807) is 24.3 Å². The van der Waals surface area contributed by atoms with Crippen LogP contribution in [0.3, 0.4) is 0 Å². The molecule has 1 N–H and O–H groups in total. The van der Waals surface area contributed by atoms with Gasteiger partial charge in [0.1, 0.15) is 8.60 Å². The summed E-state index contributed by atoms with van der Waals surface area (Å²) in [5.74, 6) is 0. The lowest BCUT2D eigenvalue weighted by atomic mass is 10.3. The van der Waals surface area contributed by atoms with Gasteiger partial charge >= 0.3 is 0 Å². The third-order valence-corrected chi connectivity index (χ3v) is 4.92. The van der Waals surface area contributed by atoms with Gasteiger partial charge < -0.3 is 0 Å². The van der Waals surface area contributed by atoms with Crippen molar-refractivity contribution < 1.29 is 8.42 Å². The van der Waals surface area contributed by atoms with Crippen molar-refractivity contribution in [3.05, 3.63) is 51.3 Å². The van der Waals surface area contributed by atoms with Crippen molar-refractivity contribution in [3.8, 4) is 0 Å². The molecule has 0 radical (unpaired) electrons. The van der Waals surface area contributed by atoms with Crippen LogP contribution in [0.25, 0.3) is 0 Å². The number of nitrogens with one attached hydrogen (secondary N) is 1. The third-order valence-electron chi connectivity index (χ3n) is 2.09. The molecule has 0 amide bonds. The summed E-state index contributed by atoms with van der Waals surface area (Å²) in [4.78, 5) is 3.99. The smallest absolute Gasteiger partial charge is 0.264 e. The molecule has 2 rings (SSSR count). The second-order valence-electron chi connectivity index (χ2n) is 3.41. The van der Waals surface area contributed by atoms with Gasteiger partial charge in [-0.15, -0.1) is 0 Å². The lowest BCUT2D eigenvalue weighted by Gasteiger charge is -2.09. The summed E-state index contributed by atoms with van der Waals surface area (Å²) in [6, 6.07) is 10.0. The second kappa shape index (κ2) is 5.41. The molecule has 4 nitrogen and oxygen atoms in total. The monoisotopic (exact) mass is 394 g/mol. The Kier molecular flexibility index (Phi) is 4.08. The predicted molar refractivity (Wildman–Crippen MR) is 79.2 cm³/mol. The minimum absolute atomic E-state index is 0.0689. The molecule has 1 heterocycles. The molecule has 0 spiro atoms. The Morgan fingerprint density at radius 3 is 2.56 bits per heavy atom. The summed E-state index contributed by atoms with van der Waals surface area (Å²) >= 11 is 7.62. The molecular formula is C11H8ClIN2O2S. The van der Waals surface area contributed by atoms with Crippen LogP contribution in [0.15, 0.2) is 47.5 Å². The molecule has 0 saturated heterocycles. The Hall–Kier alpha value is -0.860. The molecule has 0 aliphatic carbocycles. The molecule has 1 aromatic carbocycles. The number of halogens is 2. The summed E-state index contributed by atoms with van der Waals surface area (Å²) in [5, 5.41) is 0.281. The zero-order valence-corrected chi connectivity index (χ0v) is 12.7. The number of aromatic nitrogens is 1. The van der Waals surface area contributed by atoms with Gasteiger partial charge in [0.2, 0.25) is 0 Å². The zero-order chi connectivity index (χ0) is 13.2. The van der Waals surface area contributed by atoms with E-state index < -0.39 is 10.0 Å². The maximum Gasteiger partial charge on any atom is 0.264 e. The van der Waals surface area contributed by atoms with Gasteiger partial charge in [-0.25, -0.2) is 13.4 Å². The van der Waals surface area contributed by atoms with Crippen LogP contribution < -0.4 is 4.72 Å². The van der Waals surface area contributed by atoms with E-state index in [0.717, 1.165) is 0 Å². The number of para-hydroxylation sites is 1. The van der Waals surface area contributed by atoms with E-state index >= 15 is 0 Å². The summed E-state index contributed by atoms with van der Waals surface area (Å²) < 4.78 is 27.2. The van der Waals surface area contributed by atoms with E-state index in [4.69, 9.17) is 11.6 Å². The first-order valence-corrected chi connectivity index (χ1v) is 7.82. The van der Waals surface area contributed by atoms with Crippen LogP contribution in [0.2, 0.25) is 5.02 Å². The Bertz CT molecular complexity index is 662. The largest absolute Gasteiger partial charge is 0.280 e. The van der Waals surface area contributed by atoms with Crippen LogP contribution in [0.5, 0.6) is 0 Å². The molecule has 0 saturated carbocycles. The van der Waals surface area contributed by atoms with Crippen molar-refractivity contribution in [2.24, 2.45) is 0 Å². The van der Waals surface area contributed by atoms with Crippen LogP contribution in [0.4, 0.5) is 5.69 Å². The van der Waals surface area contributed by atoms with Crippen LogP contribution in [-0.4, -0.2) is 13.4 Å². The number of benzene rings is 1. The minimum Gasteiger partial charge on any atom is -0.280 e. The number of anilines is 1. The number of hydrogen-bond acceptors (Lipinski definition) is 3. The highest BCUT2D eigenvalue weighted by Gasteiger charge is 2.19. The molecule has 0 atom stereocenters. The second-order valence-corrected chi connectivity index (χ2v) is 6.52. The molecule has 0 unspecified atom stereocenters. The van der Waals surface area contributed by atoms with Crippen molar-refractivity contribution in [1.82, 2.24) is 4.98 Å². The van der Waals surface area contributed by atoms with Crippen LogP contribution in [0, 0.1) is 3.70 Å². The molecule has 0 fully saturated rings. The van der Waals surface area contributed by atoms with Gasteiger partial charge in [-0.3, -0.25) is 4.72 Å². The van der Waals surface area contributed by atoms with E-state index in [0.29, 0.717) is 9.39 Å². The normalized spacial score (nSPS) is 11.2. The van der Waals surface area contributed by atoms with Gasteiger partial charge in [-0.2, -0.15) is 0 Å². The first-order chi connectivity index (χ1) is 8.49. The quantitative estimate of drug-likeness (QED) is 0.643. The third kappa shape index (κ3) is 3.12. The van der Waals surface area contributed by atoms with Crippen molar-refractivity contribution in [2.45, 2.75) is 4.90 Å². The number of rotatable bonds is 3. The molecule has 7 heteroatoms. The number of pyridine rings is 1. The fraction of sp³-hybridized carbons (Fsp3) is 0. The van der Waals surface area contributed by atoms with Crippen molar-refractivity contribution in [2.75, 3.05) is 4.72 Å². The van der Waals surface area contributed by atoms with Gasteiger partial charge in [0, 0.05) is 11.9 Å². The molecule has 94 valence electrons. The Morgan fingerprint density at radius 1 is 1.22 bits per heavy atom. The maximum atomic E-state index is 12.2. The minimum atomic E-state index is -3.67. The lowest BCUT2D eigenvalue weighted by Crippen LogP contribution is -2.14. The summed E-state index contributed by atoms with van der Waals surface area (Å²) in [6.07, 6.45) is 1.41.